The molecule has 0 saturated heterocycles. The molecule has 0 spiro atoms. The fraction of sp³-hybridized carbons (Fsp3) is 0.429. The number of benzene rings is 1. The predicted molar refractivity (Wildman–Crippen MR) is 137 cm³/mol. The molecule has 0 fully saturated rings. The van der Waals surface area contributed by atoms with Gasteiger partial charge in [0.15, 0.2) is 11.6 Å². The van der Waals surface area contributed by atoms with Gasteiger partial charge in [-0.05, 0) is 66.7 Å². The number of aliphatic hydroxyl groups excluding tert-OH is 1. The van der Waals surface area contributed by atoms with Crippen LogP contribution in [0.25, 0.3) is 11.1 Å². The Hall–Kier alpha value is -3.03. The second-order valence-corrected chi connectivity index (χ2v) is 9.15. The Labute approximate surface area is 207 Å². The maximum atomic E-state index is 13.8. The van der Waals surface area contributed by atoms with Crippen molar-refractivity contribution in [2.75, 3.05) is 33.3 Å². The fourth-order valence-electron chi connectivity index (χ4n) is 4.63. The van der Waals surface area contributed by atoms with Crippen molar-refractivity contribution in [3.05, 3.63) is 77.3 Å². The molecule has 1 aromatic carbocycles. The van der Waals surface area contributed by atoms with E-state index in [1.54, 1.807) is 32.5 Å². The van der Waals surface area contributed by atoms with E-state index < -0.39 is 6.23 Å². The number of allylic oxidation sites excluding steroid dienone is 3. The van der Waals surface area contributed by atoms with Gasteiger partial charge in [0.1, 0.15) is 12.0 Å². The molecule has 1 aromatic heterocycles. The number of methoxy groups -OCH3 is 1. The first-order valence-corrected chi connectivity index (χ1v) is 12.4. The standard InChI is InChI=1S/C28H35FN4O2/c1-4-6-24-16-22(23-8-9-26(29)20(2)15-23)7-5-12-33(24)19-27(34)32-13-10-21(11-14-32)28-30-17-25(35-3)18-31-28/h7-10,15-18,27,34H,4-6,11-14,19H2,1-3H3. The molecule has 1 N–H and O–H groups in total. The normalized spacial score (nSPS) is 17.9. The van der Waals surface area contributed by atoms with Crippen LogP contribution in [0.4, 0.5) is 4.39 Å². The Morgan fingerprint density at radius 1 is 1.17 bits per heavy atom. The zero-order valence-electron chi connectivity index (χ0n) is 20.9. The summed E-state index contributed by atoms with van der Waals surface area (Å²) in [6.07, 6.45) is 13.0. The third-order valence-electron chi connectivity index (χ3n) is 6.69. The molecule has 4 rings (SSSR count). The maximum absolute atomic E-state index is 13.8. The van der Waals surface area contributed by atoms with Crippen LogP contribution in [0, 0.1) is 12.7 Å². The van der Waals surface area contributed by atoms with Crippen molar-refractivity contribution >= 4 is 11.1 Å². The molecule has 2 aliphatic heterocycles. The third-order valence-corrected chi connectivity index (χ3v) is 6.69. The summed E-state index contributed by atoms with van der Waals surface area (Å²) in [7, 11) is 1.60. The van der Waals surface area contributed by atoms with E-state index in [0.717, 1.165) is 61.3 Å². The summed E-state index contributed by atoms with van der Waals surface area (Å²) in [6.45, 7) is 6.78. The topological polar surface area (TPSA) is 61.7 Å². The molecule has 0 radical (unpaired) electrons. The summed E-state index contributed by atoms with van der Waals surface area (Å²) < 4.78 is 18.9. The number of aryl methyl sites for hydroxylation is 1. The fourth-order valence-corrected chi connectivity index (χ4v) is 4.63. The molecular formula is C28H35FN4O2. The van der Waals surface area contributed by atoms with Crippen molar-refractivity contribution in [1.29, 1.82) is 0 Å². The van der Waals surface area contributed by atoms with E-state index in [1.165, 1.54) is 5.70 Å². The zero-order chi connectivity index (χ0) is 24.8. The van der Waals surface area contributed by atoms with Gasteiger partial charge in [0.2, 0.25) is 0 Å². The van der Waals surface area contributed by atoms with Crippen LogP contribution in [-0.4, -0.2) is 64.4 Å². The lowest BCUT2D eigenvalue weighted by atomic mass is 10.0. The lowest BCUT2D eigenvalue weighted by Gasteiger charge is -2.35. The Bertz CT molecular complexity index is 1110. The highest BCUT2D eigenvalue weighted by atomic mass is 19.1. The van der Waals surface area contributed by atoms with Gasteiger partial charge < -0.3 is 14.7 Å². The van der Waals surface area contributed by atoms with Crippen molar-refractivity contribution in [2.24, 2.45) is 0 Å². The molecule has 2 aliphatic rings. The average Bonchev–Trinajstić information content (AvgIpc) is 3.08. The molecule has 1 unspecified atom stereocenters. The first-order chi connectivity index (χ1) is 17.0. The molecule has 0 bridgehead atoms. The molecule has 0 saturated carbocycles. The molecule has 35 heavy (non-hydrogen) atoms. The van der Waals surface area contributed by atoms with E-state index in [2.05, 4.69) is 44.9 Å². The summed E-state index contributed by atoms with van der Waals surface area (Å²) in [5.41, 5.74) is 5.13. The highest BCUT2D eigenvalue weighted by Crippen LogP contribution is 2.28. The molecule has 7 heteroatoms. The van der Waals surface area contributed by atoms with Crippen LogP contribution >= 0.6 is 0 Å². The number of hydrogen-bond acceptors (Lipinski definition) is 6. The van der Waals surface area contributed by atoms with Crippen LogP contribution in [0.1, 0.15) is 49.6 Å². The Morgan fingerprint density at radius 3 is 2.63 bits per heavy atom. The van der Waals surface area contributed by atoms with Crippen LogP contribution in [0.5, 0.6) is 5.75 Å². The van der Waals surface area contributed by atoms with E-state index >= 15 is 0 Å². The van der Waals surface area contributed by atoms with Crippen molar-refractivity contribution in [3.63, 3.8) is 0 Å². The van der Waals surface area contributed by atoms with E-state index in [-0.39, 0.29) is 5.82 Å². The van der Waals surface area contributed by atoms with Crippen molar-refractivity contribution in [1.82, 2.24) is 19.8 Å². The van der Waals surface area contributed by atoms with Crippen molar-refractivity contribution in [2.45, 2.75) is 45.8 Å². The lowest BCUT2D eigenvalue weighted by molar-refractivity contribution is -0.00912. The highest BCUT2D eigenvalue weighted by Gasteiger charge is 2.24. The average molecular weight is 479 g/mol. The first-order valence-electron chi connectivity index (χ1n) is 12.4. The summed E-state index contributed by atoms with van der Waals surface area (Å²) in [5.74, 6) is 1.18. The number of rotatable bonds is 8. The number of ether oxygens (including phenoxy) is 1. The minimum Gasteiger partial charge on any atom is -0.494 e. The monoisotopic (exact) mass is 478 g/mol. The molecule has 2 aromatic rings. The van der Waals surface area contributed by atoms with Crippen molar-refractivity contribution in [3.8, 4) is 5.75 Å². The van der Waals surface area contributed by atoms with E-state index in [1.807, 2.05) is 12.1 Å². The number of nitrogens with zero attached hydrogens (tertiary/aromatic N) is 4. The molecule has 0 amide bonds. The Morgan fingerprint density at radius 2 is 1.97 bits per heavy atom. The quantitative estimate of drug-likeness (QED) is 0.587. The Kier molecular flexibility index (Phi) is 8.31. The molecule has 0 aliphatic carbocycles. The van der Waals surface area contributed by atoms with Gasteiger partial charge in [0.25, 0.3) is 0 Å². The van der Waals surface area contributed by atoms with Crippen LogP contribution in [-0.2, 0) is 0 Å². The minimum absolute atomic E-state index is 0.178. The van der Waals surface area contributed by atoms with Gasteiger partial charge in [-0.25, -0.2) is 14.4 Å². The molecular weight excluding hydrogens is 443 g/mol. The van der Waals surface area contributed by atoms with Gasteiger partial charge in [-0.15, -0.1) is 0 Å². The van der Waals surface area contributed by atoms with E-state index in [0.29, 0.717) is 24.4 Å². The van der Waals surface area contributed by atoms with Gasteiger partial charge in [-0.1, -0.05) is 31.6 Å². The summed E-state index contributed by atoms with van der Waals surface area (Å²) >= 11 is 0. The zero-order valence-corrected chi connectivity index (χ0v) is 20.9. The number of hydrogen-bond donors (Lipinski definition) is 1. The minimum atomic E-state index is -0.570. The smallest absolute Gasteiger partial charge is 0.155 e. The van der Waals surface area contributed by atoms with Gasteiger partial charge >= 0.3 is 0 Å². The van der Waals surface area contributed by atoms with Crippen LogP contribution in [0.3, 0.4) is 0 Å². The predicted octanol–water partition coefficient (Wildman–Crippen LogP) is 4.81. The van der Waals surface area contributed by atoms with Crippen LogP contribution in [0.2, 0.25) is 0 Å². The second kappa shape index (κ2) is 11.6. The van der Waals surface area contributed by atoms with Gasteiger partial charge in [0.05, 0.1) is 26.0 Å². The van der Waals surface area contributed by atoms with Crippen LogP contribution < -0.4 is 4.74 Å². The van der Waals surface area contributed by atoms with Gasteiger partial charge in [-0.3, -0.25) is 4.90 Å². The summed E-state index contributed by atoms with van der Waals surface area (Å²) in [6, 6.07) is 5.30. The van der Waals surface area contributed by atoms with Gasteiger partial charge in [-0.2, -0.15) is 0 Å². The summed E-state index contributed by atoms with van der Waals surface area (Å²) in [4.78, 5) is 13.2. The SMILES string of the molecule is CCCC1=CC(c2ccc(F)c(C)c2)=CCCN1CC(O)N1CC=C(c2ncc(OC)cn2)CC1. The largest absolute Gasteiger partial charge is 0.494 e. The second-order valence-electron chi connectivity index (χ2n) is 9.15. The third kappa shape index (κ3) is 6.16. The highest BCUT2D eigenvalue weighted by molar-refractivity contribution is 5.75. The summed E-state index contributed by atoms with van der Waals surface area (Å²) in [5, 5.41) is 11.1. The molecule has 186 valence electrons. The number of β-amino-alcohol motifs (C(OH)–C–C–N with tert-alkyl or cyclic N) is 1. The molecule has 1 atom stereocenters. The number of aliphatic hydroxyl groups is 1. The maximum Gasteiger partial charge on any atom is 0.155 e. The number of aromatic nitrogens is 2. The van der Waals surface area contributed by atoms with Gasteiger partial charge in [0, 0.05) is 25.3 Å². The lowest BCUT2D eigenvalue weighted by Crippen LogP contribution is -2.45. The van der Waals surface area contributed by atoms with Crippen molar-refractivity contribution < 1.29 is 14.2 Å². The first kappa shape index (κ1) is 25.1. The number of halogens is 1. The van der Waals surface area contributed by atoms with E-state index in [4.69, 9.17) is 4.74 Å². The van der Waals surface area contributed by atoms with Crippen LogP contribution in [0.15, 0.2) is 54.5 Å². The molecule has 6 nitrogen and oxygen atoms in total. The van der Waals surface area contributed by atoms with E-state index in [9.17, 15) is 9.50 Å². The Balaban J connectivity index is 1.43. The molecule has 3 heterocycles.